The molecular weight excluding hydrogens is 324 g/mol. The van der Waals surface area contributed by atoms with Crippen LogP contribution in [0, 0.1) is 0 Å². The number of nitrogens with one attached hydrogen (secondary N) is 1. The van der Waals surface area contributed by atoms with Gasteiger partial charge < -0.3 is 10.4 Å². The number of rotatable bonds is 4. The number of hydrogen-bond acceptors (Lipinski definition) is 5. The van der Waals surface area contributed by atoms with Gasteiger partial charge in [0.2, 0.25) is 11.8 Å². The van der Waals surface area contributed by atoms with Crippen molar-refractivity contribution >= 4 is 23.0 Å². The van der Waals surface area contributed by atoms with E-state index in [4.69, 9.17) is 0 Å². The number of para-hydroxylation sites is 2. The summed E-state index contributed by atoms with van der Waals surface area (Å²) in [6, 6.07) is 6.87. The van der Waals surface area contributed by atoms with Gasteiger partial charge in [-0.15, -0.1) is 0 Å². The molecule has 1 aromatic heterocycles. The SMILES string of the molecule is CCC(=O)Nc1ccccc1N=C(C)c1c(O)n(C)c(=O)n(C)c1=O. The van der Waals surface area contributed by atoms with Crippen LogP contribution < -0.4 is 16.6 Å². The topological polar surface area (TPSA) is 106 Å². The largest absolute Gasteiger partial charge is 0.494 e. The first-order valence-corrected chi connectivity index (χ1v) is 7.71. The van der Waals surface area contributed by atoms with Crippen LogP contribution in [0.2, 0.25) is 0 Å². The van der Waals surface area contributed by atoms with E-state index in [1.807, 2.05) is 0 Å². The van der Waals surface area contributed by atoms with Gasteiger partial charge in [-0.25, -0.2) is 4.79 Å². The van der Waals surface area contributed by atoms with Crippen LogP contribution in [0.1, 0.15) is 25.8 Å². The standard InChI is InChI=1S/C17H20N4O4/c1-5-13(22)19-12-9-7-6-8-11(12)18-10(2)14-15(23)20(3)17(25)21(4)16(14)24/h6-9,23H,5H2,1-4H3,(H,19,22). The molecule has 0 saturated heterocycles. The fourth-order valence-corrected chi connectivity index (χ4v) is 2.30. The van der Waals surface area contributed by atoms with E-state index in [0.717, 1.165) is 9.13 Å². The summed E-state index contributed by atoms with van der Waals surface area (Å²) < 4.78 is 1.87. The van der Waals surface area contributed by atoms with Crippen molar-refractivity contribution in [2.24, 2.45) is 19.1 Å². The van der Waals surface area contributed by atoms with Crippen LogP contribution in [0.4, 0.5) is 11.4 Å². The van der Waals surface area contributed by atoms with Crippen LogP contribution in [0.15, 0.2) is 38.8 Å². The Kier molecular flexibility index (Phi) is 5.21. The number of carbonyl (C=O) groups excluding carboxylic acids is 1. The maximum Gasteiger partial charge on any atom is 0.333 e. The molecule has 0 fully saturated rings. The monoisotopic (exact) mass is 344 g/mol. The lowest BCUT2D eigenvalue weighted by molar-refractivity contribution is -0.115. The number of carbonyl (C=O) groups is 1. The van der Waals surface area contributed by atoms with Crippen molar-refractivity contribution in [3.63, 3.8) is 0 Å². The van der Waals surface area contributed by atoms with E-state index in [1.54, 1.807) is 38.1 Å². The molecule has 0 spiro atoms. The predicted molar refractivity (Wildman–Crippen MR) is 95.8 cm³/mol. The van der Waals surface area contributed by atoms with Gasteiger partial charge in [0.1, 0.15) is 5.56 Å². The van der Waals surface area contributed by atoms with Crippen molar-refractivity contribution in [1.82, 2.24) is 9.13 Å². The molecule has 0 atom stereocenters. The fourth-order valence-electron chi connectivity index (χ4n) is 2.30. The highest BCUT2D eigenvalue weighted by atomic mass is 16.3. The predicted octanol–water partition coefficient (Wildman–Crippen LogP) is 1.28. The number of anilines is 1. The van der Waals surface area contributed by atoms with E-state index in [2.05, 4.69) is 10.3 Å². The van der Waals surface area contributed by atoms with E-state index in [-0.39, 0.29) is 17.2 Å². The first-order valence-electron chi connectivity index (χ1n) is 7.71. The Labute approximate surface area is 144 Å². The zero-order valence-corrected chi connectivity index (χ0v) is 14.5. The van der Waals surface area contributed by atoms with Gasteiger partial charge in [-0.05, 0) is 19.1 Å². The number of aromatic hydroxyl groups is 1. The molecule has 0 aliphatic heterocycles. The summed E-state index contributed by atoms with van der Waals surface area (Å²) in [4.78, 5) is 40.2. The van der Waals surface area contributed by atoms with Gasteiger partial charge >= 0.3 is 5.69 Å². The summed E-state index contributed by atoms with van der Waals surface area (Å²) in [7, 11) is 2.69. The highest BCUT2D eigenvalue weighted by Crippen LogP contribution is 2.26. The number of aliphatic imine (C=N–C) groups is 1. The maximum absolute atomic E-state index is 12.3. The first-order chi connectivity index (χ1) is 11.8. The molecule has 0 aliphatic carbocycles. The molecule has 2 N–H and O–H groups in total. The third kappa shape index (κ3) is 3.52. The molecule has 132 valence electrons. The van der Waals surface area contributed by atoms with Crippen LogP contribution >= 0.6 is 0 Å². The second-order valence-electron chi connectivity index (χ2n) is 5.52. The Bertz CT molecular complexity index is 970. The van der Waals surface area contributed by atoms with Crippen LogP contribution in [-0.4, -0.2) is 25.9 Å². The Morgan fingerprint density at radius 1 is 1.20 bits per heavy atom. The van der Waals surface area contributed by atoms with E-state index in [1.165, 1.54) is 14.1 Å². The molecule has 8 nitrogen and oxygen atoms in total. The van der Waals surface area contributed by atoms with Crippen molar-refractivity contribution in [1.29, 1.82) is 0 Å². The molecule has 1 heterocycles. The highest BCUT2D eigenvalue weighted by molar-refractivity contribution is 6.03. The van der Waals surface area contributed by atoms with E-state index in [0.29, 0.717) is 17.8 Å². The molecule has 0 saturated carbocycles. The Morgan fingerprint density at radius 2 is 1.84 bits per heavy atom. The molecule has 2 rings (SSSR count). The molecule has 2 aromatic rings. The lowest BCUT2D eigenvalue weighted by Gasteiger charge is -2.11. The average molecular weight is 344 g/mol. The van der Waals surface area contributed by atoms with Crippen LogP contribution in [0.25, 0.3) is 0 Å². The molecule has 1 aromatic carbocycles. The quantitative estimate of drug-likeness (QED) is 0.815. The van der Waals surface area contributed by atoms with Crippen LogP contribution in [-0.2, 0) is 18.9 Å². The van der Waals surface area contributed by atoms with Gasteiger partial charge in [-0.1, -0.05) is 19.1 Å². The van der Waals surface area contributed by atoms with Gasteiger partial charge in [0.25, 0.3) is 5.56 Å². The summed E-state index contributed by atoms with van der Waals surface area (Å²) in [5.74, 6) is -0.620. The number of benzene rings is 1. The van der Waals surface area contributed by atoms with Crippen LogP contribution in [0.5, 0.6) is 5.88 Å². The van der Waals surface area contributed by atoms with Crippen molar-refractivity contribution in [3.05, 3.63) is 50.7 Å². The minimum absolute atomic E-state index is 0.0683. The maximum atomic E-state index is 12.3. The minimum atomic E-state index is -0.642. The fraction of sp³-hybridized carbons (Fsp3) is 0.294. The summed E-state index contributed by atoms with van der Waals surface area (Å²) in [5.41, 5.74) is -0.174. The summed E-state index contributed by atoms with van der Waals surface area (Å²) in [6.45, 7) is 3.29. The molecule has 0 unspecified atom stereocenters. The van der Waals surface area contributed by atoms with Crippen molar-refractivity contribution < 1.29 is 9.90 Å². The minimum Gasteiger partial charge on any atom is -0.494 e. The normalized spacial score (nSPS) is 11.4. The Balaban J connectivity index is 2.60. The van der Waals surface area contributed by atoms with Gasteiger partial charge in [0, 0.05) is 20.5 Å². The molecule has 0 bridgehead atoms. The highest BCUT2D eigenvalue weighted by Gasteiger charge is 2.17. The molecule has 8 heteroatoms. The third-order valence-corrected chi connectivity index (χ3v) is 3.78. The third-order valence-electron chi connectivity index (χ3n) is 3.78. The smallest absolute Gasteiger partial charge is 0.333 e. The van der Waals surface area contributed by atoms with Gasteiger partial charge in [-0.3, -0.25) is 23.7 Å². The van der Waals surface area contributed by atoms with E-state index >= 15 is 0 Å². The lowest BCUT2D eigenvalue weighted by atomic mass is 10.2. The molecule has 1 amide bonds. The zero-order chi connectivity index (χ0) is 18.7. The lowest BCUT2D eigenvalue weighted by Crippen LogP contribution is -2.39. The summed E-state index contributed by atoms with van der Waals surface area (Å²) >= 11 is 0. The number of amides is 1. The second-order valence-corrected chi connectivity index (χ2v) is 5.52. The Hall–Kier alpha value is -3.16. The molecule has 0 radical (unpaired) electrons. The zero-order valence-electron chi connectivity index (χ0n) is 14.5. The number of aromatic nitrogens is 2. The Morgan fingerprint density at radius 3 is 2.48 bits per heavy atom. The van der Waals surface area contributed by atoms with E-state index < -0.39 is 17.1 Å². The number of nitrogens with zero attached hydrogens (tertiary/aromatic N) is 3. The molecule has 25 heavy (non-hydrogen) atoms. The number of hydrogen-bond donors (Lipinski definition) is 2. The first kappa shape index (κ1) is 18.2. The van der Waals surface area contributed by atoms with Crippen molar-refractivity contribution in [2.75, 3.05) is 5.32 Å². The van der Waals surface area contributed by atoms with Crippen molar-refractivity contribution in [2.45, 2.75) is 20.3 Å². The van der Waals surface area contributed by atoms with Gasteiger partial charge in [-0.2, -0.15) is 0 Å². The molecule has 0 aliphatic rings. The van der Waals surface area contributed by atoms with Gasteiger partial charge in [0.15, 0.2) is 0 Å². The second kappa shape index (κ2) is 7.16. The van der Waals surface area contributed by atoms with Crippen molar-refractivity contribution in [3.8, 4) is 5.88 Å². The van der Waals surface area contributed by atoms with E-state index in [9.17, 15) is 19.5 Å². The average Bonchev–Trinajstić information content (AvgIpc) is 2.60. The summed E-state index contributed by atoms with van der Waals surface area (Å²) in [5, 5.41) is 12.9. The van der Waals surface area contributed by atoms with Gasteiger partial charge in [0.05, 0.1) is 17.1 Å². The van der Waals surface area contributed by atoms with Crippen LogP contribution in [0.3, 0.4) is 0 Å². The molecular formula is C17H20N4O4. The summed E-state index contributed by atoms with van der Waals surface area (Å²) in [6.07, 6.45) is 0.319.